The number of anilines is 1. The van der Waals surface area contributed by atoms with Gasteiger partial charge in [-0.05, 0) is 49.0 Å². The summed E-state index contributed by atoms with van der Waals surface area (Å²) in [5, 5.41) is 3.65. The maximum Gasteiger partial charge on any atom is 0.246 e. The highest BCUT2D eigenvalue weighted by molar-refractivity contribution is 7.89. The van der Waals surface area contributed by atoms with Crippen LogP contribution in [0.5, 0.6) is 0 Å². The molecule has 1 N–H and O–H groups in total. The molecule has 0 saturated carbocycles. The van der Waals surface area contributed by atoms with Gasteiger partial charge in [-0.25, -0.2) is 17.2 Å². The van der Waals surface area contributed by atoms with E-state index in [0.717, 1.165) is 23.4 Å². The summed E-state index contributed by atoms with van der Waals surface area (Å²) < 4.78 is 53.4. The molecule has 2 aromatic rings. The number of piperazine rings is 1. The number of benzene rings is 2. The molecule has 1 heterocycles. The Morgan fingerprint density at radius 3 is 2.41 bits per heavy atom. The standard InChI is InChI=1S/C18H19F2N3O2S2/c1-13-3-2-4-15(11-13)21-18(26)22-7-9-23(10-8-22)27(24,25)17-6-5-14(19)12-16(17)20/h2-6,11-12H,7-10H2,1H3,(H,21,26). The van der Waals surface area contributed by atoms with Crippen LogP contribution < -0.4 is 5.32 Å². The van der Waals surface area contributed by atoms with E-state index in [1.165, 1.54) is 4.31 Å². The SMILES string of the molecule is Cc1cccc(NC(=S)N2CCN(S(=O)(=O)c3ccc(F)cc3F)CC2)c1. The van der Waals surface area contributed by atoms with E-state index in [0.29, 0.717) is 24.3 Å². The van der Waals surface area contributed by atoms with E-state index < -0.39 is 26.6 Å². The van der Waals surface area contributed by atoms with Crippen LogP contribution in [0.25, 0.3) is 0 Å². The molecule has 1 saturated heterocycles. The average Bonchev–Trinajstić information content (AvgIpc) is 2.61. The molecule has 0 unspecified atom stereocenters. The lowest BCUT2D eigenvalue weighted by molar-refractivity contribution is 0.268. The number of thiocarbonyl (C=S) groups is 1. The Morgan fingerprint density at radius 1 is 1.07 bits per heavy atom. The van der Waals surface area contributed by atoms with Crippen molar-refractivity contribution in [2.45, 2.75) is 11.8 Å². The normalized spacial score (nSPS) is 15.6. The predicted molar refractivity (Wildman–Crippen MR) is 104 cm³/mol. The van der Waals surface area contributed by atoms with Crippen molar-refractivity contribution in [1.82, 2.24) is 9.21 Å². The minimum absolute atomic E-state index is 0.161. The van der Waals surface area contributed by atoms with Crippen LogP contribution in [0.1, 0.15) is 5.56 Å². The zero-order valence-electron chi connectivity index (χ0n) is 14.7. The fraction of sp³-hybridized carbons (Fsp3) is 0.278. The molecular weight excluding hydrogens is 392 g/mol. The molecule has 0 atom stereocenters. The maximum atomic E-state index is 13.9. The number of nitrogens with one attached hydrogen (secondary N) is 1. The number of sulfonamides is 1. The first-order valence-electron chi connectivity index (χ1n) is 8.35. The molecule has 1 aliphatic rings. The van der Waals surface area contributed by atoms with E-state index in [4.69, 9.17) is 12.2 Å². The molecule has 0 bridgehead atoms. The molecule has 27 heavy (non-hydrogen) atoms. The van der Waals surface area contributed by atoms with Gasteiger partial charge in [-0.3, -0.25) is 0 Å². The van der Waals surface area contributed by atoms with Crippen LogP contribution in [-0.2, 0) is 10.0 Å². The monoisotopic (exact) mass is 411 g/mol. The molecule has 0 aromatic heterocycles. The third-order valence-electron chi connectivity index (χ3n) is 4.31. The largest absolute Gasteiger partial charge is 0.346 e. The molecule has 0 spiro atoms. The third-order valence-corrected chi connectivity index (χ3v) is 6.60. The van der Waals surface area contributed by atoms with Crippen LogP contribution >= 0.6 is 12.2 Å². The molecule has 144 valence electrons. The highest BCUT2D eigenvalue weighted by atomic mass is 32.2. The van der Waals surface area contributed by atoms with Crippen molar-refractivity contribution >= 4 is 33.0 Å². The van der Waals surface area contributed by atoms with Crippen molar-refractivity contribution < 1.29 is 17.2 Å². The molecule has 2 aromatic carbocycles. The molecule has 3 rings (SSSR count). The van der Waals surface area contributed by atoms with E-state index >= 15 is 0 Å². The van der Waals surface area contributed by atoms with Crippen molar-refractivity contribution in [2.75, 3.05) is 31.5 Å². The quantitative estimate of drug-likeness (QED) is 0.787. The van der Waals surface area contributed by atoms with Gasteiger partial charge in [-0.1, -0.05) is 12.1 Å². The van der Waals surface area contributed by atoms with Gasteiger partial charge in [0.25, 0.3) is 0 Å². The summed E-state index contributed by atoms with van der Waals surface area (Å²) in [5.74, 6) is -1.90. The van der Waals surface area contributed by atoms with Gasteiger partial charge < -0.3 is 10.2 Å². The topological polar surface area (TPSA) is 52.6 Å². The Hall–Kier alpha value is -2.10. The van der Waals surface area contributed by atoms with Crippen LogP contribution in [0.2, 0.25) is 0 Å². The maximum absolute atomic E-state index is 13.9. The van der Waals surface area contributed by atoms with E-state index in [1.54, 1.807) is 0 Å². The smallest absolute Gasteiger partial charge is 0.246 e. The van der Waals surface area contributed by atoms with E-state index in [9.17, 15) is 17.2 Å². The predicted octanol–water partition coefficient (Wildman–Crippen LogP) is 2.98. The Bertz CT molecular complexity index is 959. The Morgan fingerprint density at radius 2 is 1.78 bits per heavy atom. The van der Waals surface area contributed by atoms with Crippen LogP contribution in [0.3, 0.4) is 0 Å². The van der Waals surface area contributed by atoms with Crippen molar-refractivity contribution in [1.29, 1.82) is 0 Å². The lowest BCUT2D eigenvalue weighted by Crippen LogP contribution is -2.51. The first kappa shape index (κ1) is 19.7. The molecular formula is C18H19F2N3O2S2. The first-order valence-corrected chi connectivity index (χ1v) is 10.2. The number of halogens is 2. The number of rotatable bonds is 3. The summed E-state index contributed by atoms with van der Waals surface area (Å²) in [5.41, 5.74) is 1.96. The average molecular weight is 411 g/mol. The van der Waals surface area contributed by atoms with Crippen LogP contribution in [0.4, 0.5) is 14.5 Å². The summed E-state index contributed by atoms with van der Waals surface area (Å²) in [4.78, 5) is 1.35. The van der Waals surface area contributed by atoms with Crippen molar-refractivity contribution in [3.8, 4) is 0 Å². The zero-order valence-corrected chi connectivity index (χ0v) is 16.3. The number of aryl methyl sites for hydroxylation is 1. The molecule has 0 amide bonds. The van der Waals surface area contributed by atoms with Crippen molar-refractivity contribution in [3.05, 3.63) is 59.7 Å². The van der Waals surface area contributed by atoms with Gasteiger partial charge in [-0.2, -0.15) is 4.31 Å². The number of nitrogens with zero attached hydrogens (tertiary/aromatic N) is 2. The van der Waals surface area contributed by atoms with Gasteiger partial charge in [0.05, 0.1) is 0 Å². The summed E-state index contributed by atoms with van der Waals surface area (Å²) in [7, 11) is -4.02. The van der Waals surface area contributed by atoms with Gasteiger partial charge in [0.2, 0.25) is 10.0 Å². The number of hydrogen-bond donors (Lipinski definition) is 1. The second-order valence-electron chi connectivity index (χ2n) is 6.27. The number of hydrogen-bond acceptors (Lipinski definition) is 3. The van der Waals surface area contributed by atoms with Crippen molar-refractivity contribution in [3.63, 3.8) is 0 Å². The van der Waals surface area contributed by atoms with Crippen LogP contribution in [-0.4, -0.2) is 48.9 Å². The lowest BCUT2D eigenvalue weighted by Gasteiger charge is -2.35. The lowest BCUT2D eigenvalue weighted by atomic mass is 10.2. The molecule has 0 aliphatic carbocycles. The molecule has 0 radical (unpaired) electrons. The Labute approximate surface area is 162 Å². The molecule has 9 heteroatoms. The second-order valence-corrected chi connectivity index (χ2v) is 8.56. The summed E-state index contributed by atoms with van der Waals surface area (Å²) in [6.45, 7) is 3.05. The minimum Gasteiger partial charge on any atom is -0.346 e. The highest BCUT2D eigenvalue weighted by Crippen LogP contribution is 2.22. The van der Waals surface area contributed by atoms with Gasteiger partial charge >= 0.3 is 0 Å². The fourth-order valence-corrected chi connectivity index (χ4v) is 4.65. The highest BCUT2D eigenvalue weighted by Gasteiger charge is 2.31. The Balaban J connectivity index is 1.65. The minimum atomic E-state index is -4.02. The van der Waals surface area contributed by atoms with Gasteiger partial charge in [0, 0.05) is 37.9 Å². The van der Waals surface area contributed by atoms with Crippen LogP contribution in [0, 0.1) is 18.6 Å². The first-order chi connectivity index (χ1) is 12.8. The Kier molecular flexibility index (Phi) is 5.73. The summed E-state index contributed by atoms with van der Waals surface area (Å²) >= 11 is 5.41. The van der Waals surface area contributed by atoms with Gasteiger partial charge in [-0.15, -0.1) is 0 Å². The molecule has 1 aliphatic heterocycles. The van der Waals surface area contributed by atoms with Gasteiger partial charge in [0.15, 0.2) is 5.11 Å². The summed E-state index contributed by atoms with van der Waals surface area (Å²) in [6, 6.07) is 10.2. The second kappa shape index (κ2) is 7.87. The van der Waals surface area contributed by atoms with Crippen molar-refractivity contribution in [2.24, 2.45) is 0 Å². The zero-order chi connectivity index (χ0) is 19.6. The molecule has 5 nitrogen and oxygen atoms in total. The summed E-state index contributed by atoms with van der Waals surface area (Å²) in [6.07, 6.45) is 0. The van der Waals surface area contributed by atoms with E-state index in [2.05, 4.69) is 5.32 Å². The molecule has 1 fully saturated rings. The van der Waals surface area contributed by atoms with Crippen LogP contribution in [0.15, 0.2) is 47.4 Å². The van der Waals surface area contributed by atoms with E-state index in [-0.39, 0.29) is 13.1 Å². The van der Waals surface area contributed by atoms with E-state index in [1.807, 2.05) is 36.1 Å². The van der Waals surface area contributed by atoms with Gasteiger partial charge in [0.1, 0.15) is 16.5 Å². The fourth-order valence-electron chi connectivity index (χ4n) is 2.88. The third kappa shape index (κ3) is 4.42.